The average Bonchev–Trinajstić information content (AvgIpc) is 3.12. The number of benzene rings is 4. The van der Waals surface area contributed by atoms with Gasteiger partial charge in [0.15, 0.2) is 0 Å². The van der Waals surface area contributed by atoms with Crippen LogP contribution in [0.5, 0.6) is 0 Å². The molecule has 4 aromatic rings. The van der Waals surface area contributed by atoms with Crippen LogP contribution in [0.4, 0.5) is 0 Å². The maximum Gasteiger partial charge on any atom is 2.00 e. The van der Waals surface area contributed by atoms with Crippen molar-refractivity contribution in [2.75, 3.05) is 0 Å². The van der Waals surface area contributed by atoms with Crippen LogP contribution >= 0.6 is 15.8 Å². The largest absolute Gasteiger partial charge is 2.00 e. The van der Waals surface area contributed by atoms with Gasteiger partial charge in [-0.1, -0.05) is 220 Å². The van der Waals surface area contributed by atoms with E-state index in [2.05, 4.69) is 94.9 Å². The van der Waals surface area contributed by atoms with E-state index in [-0.39, 0.29) is 35.3 Å². The molecule has 2 N–H and O–H groups in total. The molecule has 0 aliphatic rings. The van der Waals surface area contributed by atoms with Gasteiger partial charge in [0.05, 0.1) is 0 Å². The smallest absolute Gasteiger partial charge is 0.690 e. The molecular formula is C48H64O2P2Rh. The van der Waals surface area contributed by atoms with Gasteiger partial charge in [-0.3, -0.25) is 0 Å². The fourth-order valence-electron chi connectivity index (χ4n) is 6.92. The van der Waals surface area contributed by atoms with Gasteiger partial charge in [0.25, 0.3) is 0 Å². The Hall–Kier alpha value is -2.60. The second-order valence-corrected chi connectivity index (χ2v) is 22.6. The summed E-state index contributed by atoms with van der Waals surface area (Å²) in [6.45, 7) is 28.2. The summed E-state index contributed by atoms with van der Waals surface area (Å²) in [5.74, 6) is 4.43. The Bertz CT molecular complexity index is 1350. The Morgan fingerprint density at radius 3 is 0.623 bits per heavy atom. The standard InChI is InChI=1S/2C15H11O.2C9H21P.Rh/c2*1-2-15(16,13-9-5-3-6-10-13)14-11-7-4-8-12-14;2*1-7(2)10(8(3)4)9(5)6;/h2*3-12,16H;2*7-9H,1-6H3;/q2*-1;;;+2. The summed E-state index contributed by atoms with van der Waals surface area (Å²) in [6, 6.07) is 36.5. The summed E-state index contributed by atoms with van der Waals surface area (Å²) in [6.07, 6.45) is 14.7. The van der Waals surface area contributed by atoms with E-state index in [1.54, 1.807) is 48.5 Å². The normalized spacial score (nSPS) is 11.2. The van der Waals surface area contributed by atoms with Crippen molar-refractivity contribution in [3.63, 3.8) is 0 Å². The first kappa shape index (κ1) is 50.4. The molecule has 53 heavy (non-hydrogen) atoms. The van der Waals surface area contributed by atoms with Gasteiger partial charge in [-0.15, -0.1) is 0 Å². The molecule has 0 atom stereocenters. The van der Waals surface area contributed by atoms with E-state index < -0.39 is 11.2 Å². The fraction of sp³-hybridized carbons (Fsp3) is 0.417. The summed E-state index contributed by atoms with van der Waals surface area (Å²) >= 11 is 0. The minimum Gasteiger partial charge on any atom is -0.690 e. The Balaban J connectivity index is 0.000000696. The summed E-state index contributed by atoms with van der Waals surface area (Å²) in [4.78, 5) is 0. The fourth-order valence-corrected chi connectivity index (χ4v) is 14.1. The molecular weight excluding hydrogens is 773 g/mol. The number of rotatable bonds is 10. The van der Waals surface area contributed by atoms with Crippen molar-refractivity contribution >= 4 is 15.8 Å². The van der Waals surface area contributed by atoms with Crippen LogP contribution in [0, 0.1) is 24.7 Å². The van der Waals surface area contributed by atoms with E-state index in [9.17, 15) is 10.2 Å². The van der Waals surface area contributed by atoms with Crippen LogP contribution in [0.15, 0.2) is 121 Å². The molecule has 287 valence electrons. The topological polar surface area (TPSA) is 40.5 Å². The quantitative estimate of drug-likeness (QED) is 0.0723. The minimum absolute atomic E-state index is 0. The molecule has 2 nitrogen and oxygen atoms in total. The Morgan fingerprint density at radius 1 is 0.377 bits per heavy atom. The van der Waals surface area contributed by atoms with E-state index in [0.29, 0.717) is 22.3 Å². The Kier molecular flexibility index (Phi) is 24.2. The van der Waals surface area contributed by atoms with E-state index >= 15 is 0 Å². The SMILES string of the molecule is CC(C)P(C(C)C)C(C)C.CC(C)P(C(C)C)C(C)C.[C-]#CC(O)(c1ccccc1)c1ccccc1.[C-]#CC(O)(c1ccccc1)c1ccccc1.[Rh+2]. The molecule has 0 unspecified atom stereocenters. The number of hydrogen-bond donors (Lipinski definition) is 2. The van der Waals surface area contributed by atoms with E-state index in [1.807, 2.05) is 72.8 Å². The van der Waals surface area contributed by atoms with Gasteiger partial charge in [-0.2, -0.15) is 0 Å². The zero-order valence-corrected chi connectivity index (χ0v) is 37.6. The van der Waals surface area contributed by atoms with Gasteiger partial charge in [-0.25, -0.2) is 0 Å². The molecule has 0 saturated carbocycles. The van der Waals surface area contributed by atoms with E-state index in [1.165, 1.54) is 0 Å². The number of hydrogen-bond acceptors (Lipinski definition) is 2. The molecule has 0 heterocycles. The van der Waals surface area contributed by atoms with Crippen LogP contribution in [-0.4, -0.2) is 44.2 Å². The molecule has 4 aromatic carbocycles. The molecule has 0 aromatic heterocycles. The maximum atomic E-state index is 10.5. The maximum absolute atomic E-state index is 10.5. The minimum atomic E-state index is -1.46. The van der Waals surface area contributed by atoms with Crippen molar-refractivity contribution in [2.24, 2.45) is 0 Å². The zero-order valence-electron chi connectivity index (χ0n) is 34.1. The summed E-state index contributed by atoms with van der Waals surface area (Å²) in [5, 5.41) is 20.9. The summed E-state index contributed by atoms with van der Waals surface area (Å²) in [5.41, 5.74) is 5.07. The molecule has 0 fully saturated rings. The van der Waals surface area contributed by atoms with Crippen molar-refractivity contribution in [1.29, 1.82) is 0 Å². The van der Waals surface area contributed by atoms with Crippen LogP contribution < -0.4 is 0 Å². The monoisotopic (exact) mass is 837 g/mol. The van der Waals surface area contributed by atoms with Crippen molar-refractivity contribution in [3.05, 3.63) is 156 Å². The van der Waals surface area contributed by atoms with Crippen molar-refractivity contribution < 1.29 is 29.7 Å². The molecule has 0 amide bonds. The second kappa shape index (κ2) is 25.5. The third-order valence-electron chi connectivity index (χ3n) is 8.71. The average molecular weight is 838 g/mol. The van der Waals surface area contributed by atoms with E-state index in [0.717, 1.165) is 34.0 Å². The van der Waals surface area contributed by atoms with Crippen molar-refractivity contribution in [2.45, 2.75) is 128 Å². The molecule has 5 heteroatoms. The molecule has 4 rings (SSSR count). The van der Waals surface area contributed by atoms with Crippen molar-refractivity contribution in [3.8, 4) is 11.8 Å². The van der Waals surface area contributed by atoms with Crippen LogP contribution in [0.3, 0.4) is 0 Å². The third kappa shape index (κ3) is 16.0. The van der Waals surface area contributed by atoms with Gasteiger partial charge in [0.1, 0.15) is 11.2 Å². The molecule has 0 bridgehead atoms. The Labute approximate surface area is 340 Å². The third-order valence-corrected chi connectivity index (χ3v) is 15.9. The van der Waals surface area contributed by atoms with Crippen LogP contribution in [0.25, 0.3) is 0 Å². The predicted molar refractivity (Wildman–Crippen MR) is 231 cm³/mol. The molecule has 0 aliphatic carbocycles. The first-order valence-corrected chi connectivity index (χ1v) is 21.7. The van der Waals surface area contributed by atoms with Crippen LogP contribution in [0.1, 0.15) is 105 Å². The van der Waals surface area contributed by atoms with Gasteiger partial charge in [0, 0.05) is 0 Å². The first-order valence-electron chi connectivity index (χ1n) is 18.6. The second-order valence-electron chi connectivity index (χ2n) is 14.6. The van der Waals surface area contributed by atoms with Crippen LogP contribution in [-0.2, 0) is 30.7 Å². The van der Waals surface area contributed by atoms with E-state index in [4.69, 9.17) is 12.8 Å². The van der Waals surface area contributed by atoms with Gasteiger partial charge >= 0.3 is 19.5 Å². The van der Waals surface area contributed by atoms with Crippen molar-refractivity contribution in [1.82, 2.24) is 0 Å². The predicted octanol–water partition coefficient (Wildman–Crippen LogP) is 12.4. The van der Waals surface area contributed by atoms with Gasteiger partial charge < -0.3 is 34.9 Å². The Morgan fingerprint density at radius 2 is 0.528 bits per heavy atom. The summed E-state index contributed by atoms with van der Waals surface area (Å²) < 4.78 is 0. The molecule has 0 aliphatic heterocycles. The molecule has 0 spiro atoms. The first-order chi connectivity index (χ1) is 24.5. The summed E-state index contributed by atoms with van der Waals surface area (Å²) in [7, 11) is 0.525. The van der Waals surface area contributed by atoms with Gasteiger partial charge in [-0.05, 0) is 56.2 Å². The molecule has 1 radical (unpaired) electrons. The van der Waals surface area contributed by atoms with Gasteiger partial charge in [0.2, 0.25) is 0 Å². The van der Waals surface area contributed by atoms with Crippen LogP contribution in [0.2, 0.25) is 0 Å². The zero-order chi connectivity index (χ0) is 39.5. The molecule has 0 saturated heterocycles. The number of aliphatic hydroxyl groups is 2.